The zero-order valence-electron chi connectivity index (χ0n) is 14.6. The van der Waals surface area contributed by atoms with Gasteiger partial charge in [-0.2, -0.15) is 0 Å². The van der Waals surface area contributed by atoms with E-state index in [0.717, 1.165) is 0 Å². The van der Waals surface area contributed by atoms with Crippen molar-refractivity contribution in [2.24, 2.45) is 5.73 Å². The highest BCUT2D eigenvalue weighted by Crippen LogP contribution is 2.38. The molecule has 3 N–H and O–H groups in total. The van der Waals surface area contributed by atoms with Crippen LogP contribution < -0.4 is 25.3 Å². The highest BCUT2D eigenvalue weighted by molar-refractivity contribution is 6.05. The molecule has 2 aromatic carbocycles. The summed E-state index contributed by atoms with van der Waals surface area (Å²) in [5.74, 6) is -1.07. The van der Waals surface area contributed by atoms with Crippen LogP contribution in [0.4, 0.5) is 10.1 Å². The van der Waals surface area contributed by atoms with Gasteiger partial charge in [-0.05, 0) is 36.8 Å². The number of rotatable bonds is 7. The normalized spacial score (nSPS) is 10.2. The second-order valence-electron chi connectivity index (χ2n) is 5.38. The molecule has 0 heterocycles. The van der Waals surface area contributed by atoms with Gasteiger partial charge in [-0.25, -0.2) is 4.39 Å². The maximum absolute atomic E-state index is 13.6. The number of hydrogen-bond acceptors (Lipinski definition) is 5. The number of nitrogens with one attached hydrogen (secondary N) is 1. The van der Waals surface area contributed by atoms with Crippen LogP contribution in [0.25, 0.3) is 0 Å². The van der Waals surface area contributed by atoms with Gasteiger partial charge < -0.3 is 25.3 Å². The van der Waals surface area contributed by atoms with Gasteiger partial charge >= 0.3 is 0 Å². The average Bonchev–Trinajstić information content (AvgIpc) is 2.62. The van der Waals surface area contributed by atoms with Crippen molar-refractivity contribution in [1.29, 1.82) is 0 Å². The molecule has 8 heteroatoms. The van der Waals surface area contributed by atoms with Crippen LogP contribution in [0.5, 0.6) is 17.2 Å². The Bertz CT molecular complexity index is 813. The smallest absolute Gasteiger partial charge is 0.255 e. The Morgan fingerprint density at radius 1 is 1.12 bits per heavy atom. The Morgan fingerprint density at radius 3 is 2.23 bits per heavy atom. The van der Waals surface area contributed by atoms with E-state index in [4.69, 9.17) is 19.9 Å². The van der Waals surface area contributed by atoms with Crippen molar-refractivity contribution in [2.75, 3.05) is 26.1 Å². The van der Waals surface area contributed by atoms with Crippen LogP contribution in [0.2, 0.25) is 0 Å². The van der Waals surface area contributed by atoms with E-state index in [-0.39, 0.29) is 29.4 Å². The SMILES string of the molecule is COc1cc(C(=O)Nc2ccc(C)c(F)c2)cc(OC)c1OCC(N)=O. The molecular formula is C18H19FN2O5. The number of halogens is 1. The van der Waals surface area contributed by atoms with E-state index in [1.165, 1.54) is 32.4 Å². The molecule has 2 rings (SSSR count). The van der Waals surface area contributed by atoms with Gasteiger partial charge in [0, 0.05) is 11.3 Å². The maximum atomic E-state index is 13.6. The second kappa shape index (κ2) is 8.19. The molecule has 0 atom stereocenters. The van der Waals surface area contributed by atoms with Gasteiger partial charge in [0.2, 0.25) is 5.75 Å². The van der Waals surface area contributed by atoms with Crippen LogP contribution in [0.15, 0.2) is 30.3 Å². The monoisotopic (exact) mass is 362 g/mol. The minimum absolute atomic E-state index is 0.145. The summed E-state index contributed by atoms with van der Waals surface area (Å²) in [6.07, 6.45) is 0. The molecule has 0 aromatic heterocycles. The maximum Gasteiger partial charge on any atom is 0.255 e. The lowest BCUT2D eigenvalue weighted by molar-refractivity contribution is -0.120. The minimum Gasteiger partial charge on any atom is -0.493 e. The number of methoxy groups -OCH3 is 2. The number of anilines is 1. The van der Waals surface area contributed by atoms with Crippen molar-refractivity contribution < 1.29 is 28.2 Å². The molecule has 0 saturated carbocycles. The number of hydrogen-bond donors (Lipinski definition) is 2. The third kappa shape index (κ3) is 4.41. The molecule has 7 nitrogen and oxygen atoms in total. The number of aryl methyl sites for hydroxylation is 1. The highest BCUT2D eigenvalue weighted by Gasteiger charge is 2.18. The van der Waals surface area contributed by atoms with Crippen molar-refractivity contribution in [3.05, 3.63) is 47.3 Å². The first kappa shape index (κ1) is 19.0. The van der Waals surface area contributed by atoms with Crippen LogP contribution in [0.1, 0.15) is 15.9 Å². The molecule has 0 saturated heterocycles. The summed E-state index contributed by atoms with van der Waals surface area (Å²) >= 11 is 0. The number of amides is 2. The summed E-state index contributed by atoms with van der Waals surface area (Å²) in [5.41, 5.74) is 6.05. The van der Waals surface area contributed by atoms with E-state index in [1.807, 2.05) is 0 Å². The van der Waals surface area contributed by atoms with Gasteiger partial charge in [-0.1, -0.05) is 6.07 Å². The third-order valence-corrected chi connectivity index (χ3v) is 3.51. The number of carbonyl (C=O) groups excluding carboxylic acids is 2. The van der Waals surface area contributed by atoms with Crippen molar-refractivity contribution in [3.8, 4) is 17.2 Å². The van der Waals surface area contributed by atoms with E-state index in [1.54, 1.807) is 19.1 Å². The summed E-state index contributed by atoms with van der Waals surface area (Å²) in [6.45, 7) is 1.25. The first-order chi connectivity index (χ1) is 12.3. The summed E-state index contributed by atoms with van der Waals surface area (Å²) in [4.78, 5) is 23.4. The number of benzene rings is 2. The molecular weight excluding hydrogens is 343 g/mol. The summed E-state index contributed by atoms with van der Waals surface area (Å²) in [5, 5.41) is 2.59. The first-order valence-corrected chi connectivity index (χ1v) is 7.60. The molecule has 0 fully saturated rings. The van der Waals surface area contributed by atoms with Gasteiger partial charge in [-0.3, -0.25) is 9.59 Å². The van der Waals surface area contributed by atoms with Crippen molar-refractivity contribution in [1.82, 2.24) is 0 Å². The summed E-state index contributed by atoms with van der Waals surface area (Å²) in [7, 11) is 2.76. The molecule has 0 aliphatic heterocycles. The van der Waals surface area contributed by atoms with Crippen molar-refractivity contribution >= 4 is 17.5 Å². The Balaban J connectivity index is 2.31. The zero-order chi connectivity index (χ0) is 19.3. The summed E-state index contributed by atoms with van der Waals surface area (Å²) in [6, 6.07) is 7.21. The fourth-order valence-corrected chi connectivity index (χ4v) is 2.17. The van der Waals surface area contributed by atoms with E-state index >= 15 is 0 Å². The Morgan fingerprint density at radius 2 is 1.73 bits per heavy atom. The largest absolute Gasteiger partial charge is 0.493 e. The molecule has 2 aromatic rings. The number of carbonyl (C=O) groups is 2. The van der Waals surface area contributed by atoms with E-state index < -0.39 is 17.6 Å². The molecule has 0 unspecified atom stereocenters. The number of primary amides is 1. The highest BCUT2D eigenvalue weighted by atomic mass is 19.1. The van der Waals surface area contributed by atoms with Crippen LogP contribution >= 0.6 is 0 Å². The van der Waals surface area contributed by atoms with Gasteiger partial charge in [0.05, 0.1) is 14.2 Å². The quantitative estimate of drug-likeness (QED) is 0.787. The molecule has 0 bridgehead atoms. The van der Waals surface area contributed by atoms with Gasteiger partial charge in [0.1, 0.15) is 5.82 Å². The zero-order valence-corrected chi connectivity index (χ0v) is 14.6. The van der Waals surface area contributed by atoms with E-state index in [9.17, 15) is 14.0 Å². The van der Waals surface area contributed by atoms with Gasteiger partial charge in [0.15, 0.2) is 18.1 Å². The fraction of sp³-hybridized carbons (Fsp3) is 0.222. The summed E-state index contributed by atoms with van der Waals surface area (Å²) < 4.78 is 29.3. The minimum atomic E-state index is -0.669. The lowest BCUT2D eigenvalue weighted by Gasteiger charge is -2.15. The topological polar surface area (TPSA) is 99.9 Å². The van der Waals surface area contributed by atoms with E-state index in [2.05, 4.69) is 5.32 Å². The van der Waals surface area contributed by atoms with Crippen LogP contribution in [0.3, 0.4) is 0 Å². The van der Waals surface area contributed by atoms with Gasteiger partial charge in [0.25, 0.3) is 11.8 Å². The Kier molecular flexibility index (Phi) is 6.00. The predicted octanol–water partition coefficient (Wildman–Crippen LogP) is 2.27. The lowest BCUT2D eigenvalue weighted by Crippen LogP contribution is -2.20. The van der Waals surface area contributed by atoms with Crippen molar-refractivity contribution in [2.45, 2.75) is 6.92 Å². The molecule has 26 heavy (non-hydrogen) atoms. The molecule has 0 aliphatic carbocycles. The average molecular weight is 362 g/mol. The predicted molar refractivity (Wildman–Crippen MR) is 93.3 cm³/mol. The number of nitrogens with two attached hydrogens (primary N) is 1. The molecule has 138 valence electrons. The molecule has 0 radical (unpaired) electrons. The number of ether oxygens (including phenoxy) is 3. The fourth-order valence-electron chi connectivity index (χ4n) is 2.17. The Labute approximate surface area is 149 Å². The van der Waals surface area contributed by atoms with Crippen molar-refractivity contribution in [3.63, 3.8) is 0 Å². The Hall–Kier alpha value is -3.29. The molecule has 0 spiro atoms. The second-order valence-corrected chi connectivity index (χ2v) is 5.38. The van der Waals surface area contributed by atoms with Crippen LogP contribution in [0, 0.1) is 12.7 Å². The molecule has 0 aliphatic rings. The molecule has 2 amide bonds. The third-order valence-electron chi connectivity index (χ3n) is 3.51. The van der Waals surface area contributed by atoms with Crippen LogP contribution in [-0.2, 0) is 4.79 Å². The lowest BCUT2D eigenvalue weighted by atomic mass is 10.1. The van der Waals surface area contributed by atoms with Crippen LogP contribution in [-0.4, -0.2) is 32.6 Å². The van der Waals surface area contributed by atoms with E-state index in [0.29, 0.717) is 11.3 Å². The standard InChI is InChI=1S/C18H19FN2O5/c1-10-4-5-12(8-13(10)19)21-18(23)11-6-14(24-2)17(15(7-11)25-3)26-9-16(20)22/h4-8H,9H2,1-3H3,(H2,20,22)(H,21,23). The first-order valence-electron chi connectivity index (χ1n) is 7.60. The van der Waals surface area contributed by atoms with Gasteiger partial charge in [-0.15, -0.1) is 0 Å².